The molecule has 0 aliphatic carbocycles. The zero-order valence-electron chi connectivity index (χ0n) is 10.3. The van der Waals surface area contributed by atoms with Crippen molar-refractivity contribution in [1.29, 1.82) is 0 Å². The van der Waals surface area contributed by atoms with Gasteiger partial charge in [-0.25, -0.2) is 4.39 Å². The molecule has 0 radical (unpaired) electrons. The fourth-order valence-electron chi connectivity index (χ4n) is 2.29. The Hall–Kier alpha value is -1.24. The molecule has 2 rings (SSSR count). The second kappa shape index (κ2) is 6.79. The first kappa shape index (κ1) is 15.8. The zero-order valence-corrected chi connectivity index (χ0v) is 11.1. The zero-order chi connectivity index (χ0) is 13.1. The van der Waals surface area contributed by atoms with E-state index in [4.69, 9.17) is 10.5 Å². The van der Waals surface area contributed by atoms with Crippen LogP contribution in [0.1, 0.15) is 24.4 Å². The number of rotatable bonds is 3. The maximum Gasteiger partial charge on any atom is 0.277 e. The second-order valence-electron chi connectivity index (χ2n) is 4.44. The molecular formula is C12H16ClFN2O3. The van der Waals surface area contributed by atoms with E-state index in [1.807, 2.05) is 0 Å². The van der Waals surface area contributed by atoms with E-state index in [0.29, 0.717) is 18.8 Å². The number of hydrogen-bond donors (Lipinski definition) is 1. The minimum atomic E-state index is -0.621. The summed E-state index contributed by atoms with van der Waals surface area (Å²) in [6.45, 7) is 1.24. The van der Waals surface area contributed by atoms with E-state index in [1.165, 1.54) is 12.1 Å². The summed E-state index contributed by atoms with van der Waals surface area (Å²) in [6, 6.07) is 3.10. The highest BCUT2D eigenvalue weighted by Crippen LogP contribution is 2.33. The van der Waals surface area contributed by atoms with Crippen molar-refractivity contribution in [3.8, 4) is 0 Å². The third-order valence-electron chi connectivity index (χ3n) is 3.32. The van der Waals surface area contributed by atoms with Crippen LogP contribution in [0.2, 0.25) is 0 Å². The van der Waals surface area contributed by atoms with Crippen LogP contribution in [0.4, 0.5) is 10.1 Å². The van der Waals surface area contributed by atoms with E-state index in [-0.39, 0.29) is 24.0 Å². The van der Waals surface area contributed by atoms with Crippen LogP contribution in [0, 0.1) is 21.8 Å². The molecule has 1 aromatic carbocycles. The van der Waals surface area contributed by atoms with Gasteiger partial charge in [0.25, 0.3) is 5.69 Å². The molecule has 1 aliphatic rings. The summed E-state index contributed by atoms with van der Waals surface area (Å²) in [6.07, 6.45) is 1.55. The molecule has 19 heavy (non-hydrogen) atoms. The number of benzene rings is 1. The molecule has 1 fully saturated rings. The van der Waals surface area contributed by atoms with Crippen LogP contribution in [0.15, 0.2) is 18.2 Å². The molecule has 0 amide bonds. The number of nitro benzene ring substituents is 1. The molecule has 0 saturated carbocycles. The summed E-state index contributed by atoms with van der Waals surface area (Å²) in [7, 11) is 0. The van der Waals surface area contributed by atoms with Crippen LogP contribution < -0.4 is 5.73 Å². The molecule has 7 heteroatoms. The normalized spacial score (nSPS) is 17.6. The van der Waals surface area contributed by atoms with Gasteiger partial charge in [0.1, 0.15) is 5.82 Å². The molecule has 5 nitrogen and oxygen atoms in total. The van der Waals surface area contributed by atoms with Gasteiger partial charge in [-0.15, -0.1) is 12.4 Å². The molecule has 0 aromatic heterocycles. The van der Waals surface area contributed by atoms with Gasteiger partial charge < -0.3 is 10.5 Å². The van der Waals surface area contributed by atoms with Crippen molar-refractivity contribution < 1.29 is 14.1 Å². The van der Waals surface area contributed by atoms with Crippen LogP contribution in [0.5, 0.6) is 0 Å². The van der Waals surface area contributed by atoms with Crippen molar-refractivity contribution in [2.45, 2.75) is 18.9 Å². The Bertz CT molecular complexity index is 453. The smallest absolute Gasteiger partial charge is 0.277 e. The topological polar surface area (TPSA) is 78.4 Å². The average molecular weight is 291 g/mol. The molecule has 0 spiro atoms. The lowest BCUT2D eigenvalue weighted by atomic mass is 9.87. The van der Waals surface area contributed by atoms with Gasteiger partial charge in [0.05, 0.1) is 11.0 Å². The molecular weight excluding hydrogens is 275 g/mol. The van der Waals surface area contributed by atoms with Crippen molar-refractivity contribution >= 4 is 18.1 Å². The SMILES string of the molecule is Cl.N[C@@H](c1ccc(F)cc1[N+](=O)[O-])C1CCOCC1. The van der Waals surface area contributed by atoms with Gasteiger partial charge in [-0.2, -0.15) is 0 Å². The van der Waals surface area contributed by atoms with E-state index in [9.17, 15) is 14.5 Å². The summed E-state index contributed by atoms with van der Waals surface area (Å²) in [4.78, 5) is 10.3. The lowest BCUT2D eigenvalue weighted by molar-refractivity contribution is -0.386. The lowest BCUT2D eigenvalue weighted by Crippen LogP contribution is -2.28. The first-order chi connectivity index (χ1) is 8.59. The van der Waals surface area contributed by atoms with Crippen LogP contribution in [0.3, 0.4) is 0 Å². The molecule has 1 aliphatic heterocycles. The van der Waals surface area contributed by atoms with E-state index in [1.54, 1.807) is 0 Å². The van der Waals surface area contributed by atoms with Crippen LogP contribution in [-0.4, -0.2) is 18.1 Å². The highest BCUT2D eigenvalue weighted by molar-refractivity contribution is 5.85. The van der Waals surface area contributed by atoms with Gasteiger partial charge in [0, 0.05) is 24.8 Å². The third-order valence-corrected chi connectivity index (χ3v) is 3.32. The van der Waals surface area contributed by atoms with Gasteiger partial charge in [-0.05, 0) is 30.9 Å². The Labute approximate surface area is 116 Å². The van der Waals surface area contributed by atoms with Gasteiger partial charge in [0.2, 0.25) is 0 Å². The number of nitrogens with two attached hydrogens (primary N) is 1. The minimum Gasteiger partial charge on any atom is -0.381 e. The maximum atomic E-state index is 13.0. The fraction of sp³-hybridized carbons (Fsp3) is 0.500. The van der Waals surface area contributed by atoms with Gasteiger partial charge in [-0.3, -0.25) is 10.1 Å². The van der Waals surface area contributed by atoms with Gasteiger partial charge in [0.15, 0.2) is 0 Å². The minimum absolute atomic E-state index is 0. The first-order valence-electron chi connectivity index (χ1n) is 5.86. The highest BCUT2D eigenvalue weighted by Gasteiger charge is 2.28. The van der Waals surface area contributed by atoms with Crippen LogP contribution in [-0.2, 0) is 4.74 Å². The predicted octanol–water partition coefficient (Wildman–Crippen LogP) is 2.58. The number of nitro groups is 1. The highest BCUT2D eigenvalue weighted by atomic mass is 35.5. The Morgan fingerprint density at radius 2 is 2.05 bits per heavy atom. The monoisotopic (exact) mass is 290 g/mol. The fourth-order valence-corrected chi connectivity index (χ4v) is 2.29. The Balaban J connectivity index is 0.00000180. The van der Waals surface area contributed by atoms with Crippen LogP contribution >= 0.6 is 12.4 Å². The largest absolute Gasteiger partial charge is 0.381 e. The Kier molecular flexibility index (Phi) is 5.65. The first-order valence-corrected chi connectivity index (χ1v) is 5.86. The predicted molar refractivity (Wildman–Crippen MR) is 70.8 cm³/mol. The van der Waals surface area contributed by atoms with Crippen molar-refractivity contribution in [2.75, 3.05) is 13.2 Å². The van der Waals surface area contributed by atoms with Gasteiger partial charge >= 0.3 is 0 Å². The third kappa shape index (κ3) is 3.62. The van der Waals surface area contributed by atoms with Crippen molar-refractivity contribution in [1.82, 2.24) is 0 Å². The summed E-state index contributed by atoms with van der Waals surface area (Å²) >= 11 is 0. The van der Waals surface area contributed by atoms with Crippen molar-refractivity contribution in [3.63, 3.8) is 0 Å². The standard InChI is InChI=1S/C12H15FN2O3.ClH/c13-9-1-2-10(11(7-9)15(16)17)12(14)8-3-5-18-6-4-8;/h1-2,7-8,12H,3-6,14H2;1H/t12-;/m1./s1. The number of nitrogens with zero attached hydrogens (tertiary/aromatic N) is 1. The molecule has 2 N–H and O–H groups in total. The Morgan fingerprint density at radius 3 is 2.63 bits per heavy atom. The summed E-state index contributed by atoms with van der Waals surface area (Å²) < 4.78 is 18.3. The summed E-state index contributed by atoms with van der Waals surface area (Å²) in [5.41, 5.74) is 6.23. The molecule has 1 aromatic rings. The number of ether oxygens (including phenoxy) is 1. The van der Waals surface area contributed by atoms with Crippen LogP contribution in [0.25, 0.3) is 0 Å². The maximum absolute atomic E-state index is 13.0. The van der Waals surface area contributed by atoms with E-state index in [0.717, 1.165) is 18.9 Å². The summed E-state index contributed by atoms with van der Waals surface area (Å²) in [5, 5.41) is 10.9. The quantitative estimate of drug-likeness (QED) is 0.685. The molecule has 0 unspecified atom stereocenters. The Morgan fingerprint density at radius 1 is 1.42 bits per heavy atom. The number of hydrogen-bond acceptors (Lipinski definition) is 4. The second-order valence-corrected chi connectivity index (χ2v) is 4.44. The number of halogens is 2. The molecule has 106 valence electrons. The average Bonchev–Trinajstić information content (AvgIpc) is 2.39. The van der Waals surface area contributed by atoms with Gasteiger partial charge in [-0.1, -0.05) is 0 Å². The van der Waals surface area contributed by atoms with Crippen molar-refractivity contribution in [2.24, 2.45) is 11.7 Å². The molecule has 1 saturated heterocycles. The van der Waals surface area contributed by atoms with Crippen molar-refractivity contribution in [3.05, 3.63) is 39.7 Å². The summed E-state index contributed by atoms with van der Waals surface area (Å²) in [5.74, 6) is -0.479. The molecule has 1 heterocycles. The van der Waals surface area contributed by atoms with E-state index >= 15 is 0 Å². The van der Waals surface area contributed by atoms with E-state index in [2.05, 4.69) is 0 Å². The molecule has 1 atom stereocenters. The molecule has 0 bridgehead atoms. The van der Waals surface area contributed by atoms with E-state index < -0.39 is 16.8 Å². The lowest BCUT2D eigenvalue weighted by Gasteiger charge is -2.27.